The lowest BCUT2D eigenvalue weighted by atomic mass is 10.0. The maximum atomic E-state index is 12.6. The first-order chi connectivity index (χ1) is 11.0. The molecule has 8 heteroatoms. The molecule has 3 heterocycles. The highest BCUT2D eigenvalue weighted by atomic mass is 16.6. The Labute approximate surface area is 130 Å². The van der Waals surface area contributed by atoms with E-state index < -0.39 is 18.0 Å². The fraction of sp³-hybridized carbons (Fsp3) is 0.333. The molecule has 3 aliphatic heterocycles. The molecular formula is C15H13N3O5. The molecule has 1 atom stereocenters. The largest absolute Gasteiger partial charge is 0.412 e. The summed E-state index contributed by atoms with van der Waals surface area (Å²) in [5, 5.41) is 4.82. The van der Waals surface area contributed by atoms with Gasteiger partial charge in [0.05, 0.1) is 6.54 Å². The van der Waals surface area contributed by atoms with Crippen molar-refractivity contribution in [2.75, 3.05) is 0 Å². The standard InChI is InChI=1S/C15H13N3O5/c19-11-4-3-10(13(20)17-11)18-6-9-8(14(18)21)2-1-7-5-16-15(22)23-12(7)9/h1-2,10H,3-6H2,(H,16,22)(H,17,19,20). The molecule has 1 fully saturated rings. The minimum atomic E-state index is -0.680. The number of hydrogen-bond donors (Lipinski definition) is 2. The molecule has 0 bridgehead atoms. The van der Waals surface area contributed by atoms with Gasteiger partial charge in [-0.15, -0.1) is 0 Å². The summed E-state index contributed by atoms with van der Waals surface area (Å²) in [7, 11) is 0. The van der Waals surface area contributed by atoms with Crippen LogP contribution in [0.5, 0.6) is 5.75 Å². The lowest BCUT2D eigenvalue weighted by Gasteiger charge is -2.29. The number of rotatable bonds is 1. The third-order valence-electron chi connectivity index (χ3n) is 4.37. The van der Waals surface area contributed by atoms with E-state index in [4.69, 9.17) is 4.74 Å². The first-order valence-electron chi connectivity index (χ1n) is 7.29. The monoisotopic (exact) mass is 315 g/mol. The van der Waals surface area contributed by atoms with Crippen LogP contribution in [0.1, 0.15) is 34.3 Å². The molecule has 23 heavy (non-hydrogen) atoms. The van der Waals surface area contributed by atoms with Crippen LogP contribution in [0.2, 0.25) is 0 Å². The first-order valence-corrected chi connectivity index (χ1v) is 7.29. The summed E-state index contributed by atoms with van der Waals surface area (Å²) in [6.45, 7) is 0.533. The van der Waals surface area contributed by atoms with Gasteiger partial charge in [0.2, 0.25) is 11.8 Å². The lowest BCUT2D eigenvalue weighted by Crippen LogP contribution is -2.52. The summed E-state index contributed by atoms with van der Waals surface area (Å²) in [5.74, 6) is -0.677. The number of benzene rings is 1. The smallest absolute Gasteiger partial charge is 0.410 e. The van der Waals surface area contributed by atoms with E-state index in [-0.39, 0.29) is 24.8 Å². The quantitative estimate of drug-likeness (QED) is 0.713. The number of hydrogen-bond acceptors (Lipinski definition) is 5. The van der Waals surface area contributed by atoms with Gasteiger partial charge in [0.25, 0.3) is 5.91 Å². The minimum Gasteiger partial charge on any atom is -0.410 e. The van der Waals surface area contributed by atoms with Crippen molar-refractivity contribution in [3.8, 4) is 5.75 Å². The van der Waals surface area contributed by atoms with Crippen LogP contribution in [0.4, 0.5) is 4.79 Å². The topological polar surface area (TPSA) is 105 Å². The number of carbonyl (C=O) groups excluding carboxylic acids is 4. The second-order valence-electron chi connectivity index (χ2n) is 5.72. The zero-order valence-electron chi connectivity index (χ0n) is 12.0. The Kier molecular flexibility index (Phi) is 2.87. The number of fused-ring (bicyclic) bond motifs is 3. The number of carbonyl (C=O) groups is 4. The van der Waals surface area contributed by atoms with Gasteiger partial charge in [0.1, 0.15) is 11.8 Å². The van der Waals surface area contributed by atoms with Crippen LogP contribution in [0.25, 0.3) is 0 Å². The third kappa shape index (κ3) is 2.06. The van der Waals surface area contributed by atoms with Gasteiger partial charge in [-0.3, -0.25) is 19.7 Å². The molecule has 2 N–H and O–H groups in total. The van der Waals surface area contributed by atoms with Crippen LogP contribution in [0.3, 0.4) is 0 Å². The summed E-state index contributed by atoms with van der Waals surface area (Å²) >= 11 is 0. The van der Waals surface area contributed by atoms with Gasteiger partial charge < -0.3 is 15.0 Å². The van der Waals surface area contributed by atoms with Crippen molar-refractivity contribution in [1.29, 1.82) is 0 Å². The third-order valence-corrected chi connectivity index (χ3v) is 4.37. The van der Waals surface area contributed by atoms with Crippen LogP contribution < -0.4 is 15.4 Å². The fourth-order valence-corrected chi connectivity index (χ4v) is 3.22. The van der Waals surface area contributed by atoms with Gasteiger partial charge in [-0.25, -0.2) is 4.79 Å². The average Bonchev–Trinajstić information content (AvgIpc) is 2.85. The van der Waals surface area contributed by atoms with Crippen molar-refractivity contribution in [3.63, 3.8) is 0 Å². The summed E-state index contributed by atoms with van der Waals surface area (Å²) in [6.07, 6.45) is -0.0561. The zero-order chi connectivity index (χ0) is 16.1. The Morgan fingerprint density at radius 2 is 2.00 bits per heavy atom. The molecule has 4 rings (SSSR count). The van der Waals surface area contributed by atoms with Crippen molar-refractivity contribution in [2.45, 2.75) is 32.0 Å². The second-order valence-corrected chi connectivity index (χ2v) is 5.72. The van der Waals surface area contributed by atoms with Gasteiger partial charge in [-0.2, -0.15) is 0 Å². The Morgan fingerprint density at radius 3 is 2.78 bits per heavy atom. The first kappa shape index (κ1) is 13.7. The van der Waals surface area contributed by atoms with Crippen LogP contribution in [0, 0.1) is 0 Å². The van der Waals surface area contributed by atoms with Crippen molar-refractivity contribution >= 4 is 23.8 Å². The van der Waals surface area contributed by atoms with E-state index in [1.54, 1.807) is 12.1 Å². The number of imide groups is 1. The van der Waals surface area contributed by atoms with Gasteiger partial charge >= 0.3 is 6.09 Å². The van der Waals surface area contributed by atoms with E-state index in [0.717, 1.165) is 5.56 Å². The molecular weight excluding hydrogens is 302 g/mol. The van der Waals surface area contributed by atoms with Crippen molar-refractivity contribution in [1.82, 2.24) is 15.5 Å². The van der Waals surface area contributed by atoms with Crippen molar-refractivity contribution in [2.24, 2.45) is 0 Å². The highest BCUT2D eigenvalue weighted by Gasteiger charge is 2.41. The lowest BCUT2D eigenvalue weighted by molar-refractivity contribution is -0.136. The highest BCUT2D eigenvalue weighted by molar-refractivity contribution is 6.05. The molecule has 0 spiro atoms. The molecule has 1 unspecified atom stereocenters. The van der Waals surface area contributed by atoms with Crippen LogP contribution in [-0.4, -0.2) is 34.8 Å². The van der Waals surface area contributed by atoms with E-state index in [1.807, 2.05) is 0 Å². The summed E-state index contributed by atoms with van der Waals surface area (Å²) in [4.78, 5) is 48.7. The van der Waals surface area contributed by atoms with E-state index in [1.165, 1.54) is 4.90 Å². The molecule has 1 aromatic rings. The number of nitrogens with one attached hydrogen (secondary N) is 2. The average molecular weight is 315 g/mol. The minimum absolute atomic E-state index is 0.191. The summed E-state index contributed by atoms with van der Waals surface area (Å²) in [6, 6.07) is 2.74. The number of piperidine rings is 1. The normalized spacial score (nSPS) is 23.0. The molecule has 4 amide bonds. The predicted molar refractivity (Wildman–Crippen MR) is 75.4 cm³/mol. The number of amides is 4. The van der Waals surface area contributed by atoms with Crippen LogP contribution in [0.15, 0.2) is 12.1 Å². The SMILES string of the molecule is O=C1CCC(N2Cc3c(ccc4c3OC(=O)NC4)C2=O)C(=O)N1. The van der Waals surface area contributed by atoms with Gasteiger partial charge in [0, 0.05) is 29.7 Å². The van der Waals surface area contributed by atoms with Gasteiger partial charge in [-0.1, -0.05) is 6.07 Å². The summed E-state index contributed by atoms with van der Waals surface area (Å²) < 4.78 is 5.22. The number of nitrogens with zero attached hydrogens (tertiary/aromatic N) is 1. The van der Waals surface area contributed by atoms with E-state index >= 15 is 0 Å². The van der Waals surface area contributed by atoms with Gasteiger partial charge in [0.15, 0.2) is 0 Å². The maximum Gasteiger partial charge on any atom is 0.412 e. The zero-order valence-corrected chi connectivity index (χ0v) is 12.0. The maximum absolute atomic E-state index is 12.6. The van der Waals surface area contributed by atoms with E-state index in [0.29, 0.717) is 29.8 Å². The van der Waals surface area contributed by atoms with Crippen LogP contribution in [-0.2, 0) is 22.7 Å². The van der Waals surface area contributed by atoms with Crippen LogP contribution >= 0.6 is 0 Å². The molecule has 0 radical (unpaired) electrons. The molecule has 0 aliphatic carbocycles. The Balaban J connectivity index is 1.68. The van der Waals surface area contributed by atoms with Crippen molar-refractivity contribution < 1.29 is 23.9 Å². The Hall–Kier alpha value is -2.90. The molecule has 8 nitrogen and oxygen atoms in total. The fourth-order valence-electron chi connectivity index (χ4n) is 3.22. The molecule has 0 aromatic heterocycles. The summed E-state index contributed by atoms with van der Waals surface area (Å²) in [5.41, 5.74) is 1.84. The Bertz CT molecular complexity index is 773. The highest BCUT2D eigenvalue weighted by Crippen LogP contribution is 2.37. The predicted octanol–water partition coefficient (Wildman–Crippen LogP) is 0.0496. The molecule has 1 aromatic carbocycles. The molecule has 3 aliphatic rings. The number of ether oxygens (including phenoxy) is 1. The molecule has 0 saturated carbocycles. The molecule has 118 valence electrons. The van der Waals surface area contributed by atoms with Crippen molar-refractivity contribution in [3.05, 3.63) is 28.8 Å². The van der Waals surface area contributed by atoms with Gasteiger partial charge in [-0.05, 0) is 12.5 Å². The Morgan fingerprint density at radius 1 is 1.17 bits per heavy atom. The van der Waals surface area contributed by atoms with E-state index in [9.17, 15) is 19.2 Å². The second kappa shape index (κ2) is 4.80. The van der Waals surface area contributed by atoms with E-state index in [2.05, 4.69) is 10.6 Å². The molecule has 1 saturated heterocycles.